The Morgan fingerprint density at radius 1 is 0.960 bits per heavy atom. The maximum atomic E-state index is 12.6. The maximum absolute atomic E-state index is 12.6. The number of allylic oxidation sites excluding steroid dienone is 2. The van der Waals surface area contributed by atoms with Crippen molar-refractivity contribution in [3.63, 3.8) is 0 Å². The molecule has 1 aliphatic rings. The quantitative estimate of drug-likeness (QED) is 0.531. The predicted molar refractivity (Wildman–Crippen MR) is 85.7 cm³/mol. The molecule has 0 aliphatic carbocycles. The molecule has 0 aromatic heterocycles. The van der Waals surface area contributed by atoms with Crippen molar-refractivity contribution in [3.05, 3.63) is 22.5 Å². The topological polar surface area (TPSA) is 111 Å². The SMILES string of the molecule is COC(=O)C1=C(C)NC(C)=C(C(=O)OC)C1C(=O)OCC(=O)N(C)C. The minimum absolute atomic E-state index is 0.0733. The smallest absolute Gasteiger partial charge is 0.336 e. The Hall–Kier alpha value is -2.84. The first-order chi connectivity index (χ1) is 11.6. The second-order valence-electron chi connectivity index (χ2n) is 5.51. The van der Waals surface area contributed by atoms with Crippen molar-refractivity contribution in [2.24, 2.45) is 5.92 Å². The highest BCUT2D eigenvalue weighted by Crippen LogP contribution is 2.32. The lowest BCUT2D eigenvalue weighted by molar-refractivity contribution is -0.155. The first kappa shape index (κ1) is 20.2. The van der Waals surface area contributed by atoms with Crippen molar-refractivity contribution >= 4 is 23.8 Å². The van der Waals surface area contributed by atoms with Gasteiger partial charge in [-0.15, -0.1) is 0 Å². The van der Waals surface area contributed by atoms with Crippen molar-refractivity contribution in [1.29, 1.82) is 0 Å². The van der Waals surface area contributed by atoms with Crippen LogP contribution in [0.5, 0.6) is 0 Å². The summed E-state index contributed by atoms with van der Waals surface area (Å²) in [4.78, 5) is 49.7. The molecule has 0 unspecified atom stereocenters. The third kappa shape index (κ3) is 4.37. The minimum atomic E-state index is -1.35. The van der Waals surface area contributed by atoms with Gasteiger partial charge in [0.05, 0.1) is 25.4 Å². The Kier molecular flexibility index (Phi) is 6.72. The van der Waals surface area contributed by atoms with Crippen molar-refractivity contribution in [2.75, 3.05) is 34.9 Å². The van der Waals surface area contributed by atoms with E-state index in [0.29, 0.717) is 11.4 Å². The normalized spacial score (nSPS) is 14.6. The number of dihydropyridines is 1. The molecule has 0 radical (unpaired) electrons. The number of nitrogens with zero attached hydrogens (tertiary/aromatic N) is 1. The minimum Gasteiger partial charge on any atom is -0.466 e. The van der Waals surface area contributed by atoms with E-state index in [4.69, 9.17) is 14.2 Å². The third-order valence-corrected chi connectivity index (χ3v) is 3.64. The summed E-state index contributed by atoms with van der Waals surface area (Å²) in [6.07, 6.45) is 0. The van der Waals surface area contributed by atoms with E-state index in [9.17, 15) is 19.2 Å². The fourth-order valence-electron chi connectivity index (χ4n) is 2.34. The molecule has 138 valence electrons. The highest BCUT2D eigenvalue weighted by Gasteiger charge is 2.42. The molecular formula is C16H22N2O7. The number of hydrogen-bond acceptors (Lipinski definition) is 8. The molecule has 0 saturated carbocycles. The molecule has 9 nitrogen and oxygen atoms in total. The van der Waals surface area contributed by atoms with Crippen LogP contribution in [-0.2, 0) is 33.4 Å². The first-order valence-electron chi connectivity index (χ1n) is 7.37. The van der Waals surface area contributed by atoms with Crippen LogP contribution in [0, 0.1) is 5.92 Å². The number of nitrogens with one attached hydrogen (secondary N) is 1. The molecule has 1 N–H and O–H groups in total. The molecule has 0 atom stereocenters. The van der Waals surface area contributed by atoms with Crippen LogP contribution >= 0.6 is 0 Å². The summed E-state index contributed by atoms with van der Waals surface area (Å²) in [7, 11) is 5.33. The van der Waals surface area contributed by atoms with E-state index < -0.39 is 36.3 Å². The molecule has 1 heterocycles. The summed E-state index contributed by atoms with van der Waals surface area (Å²) in [5.74, 6) is -4.30. The van der Waals surface area contributed by atoms with Gasteiger partial charge in [0, 0.05) is 25.5 Å². The Labute approximate surface area is 145 Å². The Morgan fingerprint density at radius 2 is 1.40 bits per heavy atom. The van der Waals surface area contributed by atoms with E-state index in [-0.39, 0.29) is 11.1 Å². The van der Waals surface area contributed by atoms with Gasteiger partial charge in [0.25, 0.3) is 5.91 Å². The van der Waals surface area contributed by atoms with E-state index in [2.05, 4.69) is 5.32 Å². The number of hydrogen-bond donors (Lipinski definition) is 1. The van der Waals surface area contributed by atoms with E-state index in [0.717, 1.165) is 14.2 Å². The van der Waals surface area contributed by atoms with Crippen LogP contribution in [0.1, 0.15) is 13.8 Å². The van der Waals surface area contributed by atoms with E-state index in [1.807, 2.05) is 0 Å². The molecule has 0 saturated heterocycles. The van der Waals surface area contributed by atoms with Crippen LogP contribution in [-0.4, -0.2) is 63.6 Å². The molecule has 0 spiro atoms. The van der Waals surface area contributed by atoms with Gasteiger partial charge in [0.1, 0.15) is 5.92 Å². The molecule has 25 heavy (non-hydrogen) atoms. The summed E-state index contributed by atoms with van der Waals surface area (Å²) < 4.78 is 14.4. The fraction of sp³-hybridized carbons (Fsp3) is 0.500. The molecule has 0 aromatic rings. The first-order valence-corrected chi connectivity index (χ1v) is 7.37. The zero-order valence-electron chi connectivity index (χ0n) is 15.1. The zero-order valence-corrected chi connectivity index (χ0v) is 15.1. The van der Waals surface area contributed by atoms with Gasteiger partial charge < -0.3 is 24.4 Å². The Balaban J connectivity index is 3.28. The number of carbonyl (C=O) groups excluding carboxylic acids is 4. The lowest BCUT2D eigenvalue weighted by Crippen LogP contribution is -2.39. The molecule has 0 bridgehead atoms. The third-order valence-electron chi connectivity index (χ3n) is 3.64. The van der Waals surface area contributed by atoms with Crippen LogP contribution < -0.4 is 5.32 Å². The van der Waals surface area contributed by atoms with E-state index >= 15 is 0 Å². The largest absolute Gasteiger partial charge is 0.466 e. The van der Waals surface area contributed by atoms with E-state index in [1.165, 1.54) is 19.0 Å². The standard InChI is InChI=1S/C16H22N2O7/c1-8-11(14(20)23-5)13(12(9(2)17-8)15(21)24-6)16(22)25-7-10(19)18(3)4/h13,17H,7H2,1-6H3. The average molecular weight is 354 g/mol. The van der Waals surface area contributed by atoms with Crippen LogP contribution in [0.15, 0.2) is 22.5 Å². The van der Waals surface area contributed by atoms with Gasteiger partial charge in [-0.05, 0) is 13.8 Å². The van der Waals surface area contributed by atoms with Gasteiger partial charge in [-0.3, -0.25) is 9.59 Å². The molecular weight excluding hydrogens is 332 g/mol. The van der Waals surface area contributed by atoms with Crippen LogP contribution in [0.4, 0.5) is 0 Å². The van der Waals surface area contributed by atoms with Gasteiger partial charge in [-0.2, -0.15) is 0 Å². The summed E-state index contributed by atoms with van der Waals surface area (Å²) >= 11 is 0. The summed E-state index contributed by atoms with van der Waals surface area (Å²) in [5, 5.41) is 2.85. The monoisotopic (exact) mass is 354 g/mol. The Morgan fingerprint density at radius 3 is 1.76 bits per heavy atom. The van der Waals surface area contributed by atoms with Gasteiger partial charge in [-0.1, -0.05) is 0 Å². The summed E-state index contributed by atoms with van der Waals surface area (Å²) in [6.45, 7) is 2.61. The molecule has 9 heteroatoms. The highest BCUT2D eigenvalue weighted by molar-refractivity contribution is 6.05. The molecule has 1 rings (SSSR count). The molecule has 1 aliphatic heterocycles. The molecule has 0 aromatic carbocycles. The number of amides is 1. The number of rotatable bonds is 5. The van der Waals surface area contributed by atoms with Gasteiger partial charge in [-0.25, -0.2) is 9.59 Å². The van der Waals surface area contributed by atoms with Crippen LogP contribution in [0.3, 0.4) is 0 Å². The number of carbonyl (C=O) groups is 4. The summed E-state index contributed by atoms with van der Waals surface area (Å²) in [6, 6.07) is 0. The van der Waals surface area contributed by atoms with Crippen molar-refractivity contribution in [2.45, 2.75) is 13.8 Å². The number of esters is 3. The second kappa shape index (κ2) is 8.32. The average Bonchev–Trinajstić information content (AvgIpc) is 2.57. The van der Waals surface area contributed by atoms with Crippen LogP contribution in [0.2, 0.25) is 0 Å². The van der Waals surface area contributed by atoms with Gasteiger partial charge in [0.2, 0.25) is 0 Å². The van der Waals surface area contributed by atoms with Gasteiger partial charge in [0.15, 0.2) is 6.61 Å². The predicted octanol–water partition coefficient (Wildman–Crippen LogP) is -0.269. The molecule has 0 fully saturated rings. The van der Waals surface area contributed by atoms with E-state index in [1.54, 1.807) is 13.8 Å². The second-order valence-corrected chi connectivity index (χ2v) is 5.51. The number of likely N-dealkylation sites (N-methyl/N-ethyl adjacent to an activating group) is 1. The molecule has 1 amide bonds. The number of methoxy groups -OCH3 is 2. The van der Waals surface area contributed by atoms with Crippen molar-refractivity contribution in [3.8, 4) is 0 Å². The van der Waals surface area contributed by atoms with Crippen molar-refractivity contribution < 1.29 is 33.4 Å². The van der Waals surface area contributed by atoms with Gasteiger partial charge >= 0.3 is 17.9 Å². The fourth-order valence-corrected chi connectivity index (χ4v) is 2.34. The maximum Gasteiger partial charge on any atom is 0.336 e. The highest BCUT2D eigenvalue weighted by atomic mass is 16.5. The van der Waals surface area contributed by atoms with Crippen molar-refractivity contribution in [1.82, 2.24) is 10.2 Å². The zero-order chi connectivity index (χ0) is 19.3. The number of ether oxygens (including phenoxy) is 3. The Bertz CT molecular complexity index is 623. The summed E-state index contributed by atoms with van der Waals surface area (Å²) in [5.41, 5.74) is 0.544. The van der Waals surface area contributed by atoms with Crippen LogP contribution in [0.25, 0.3) is 0 Å². The lowest BCUT2D eigenvalue weighted by Gasteiger charge is -2.28. The lowest BCUT2D eigenvalue weighted by atomic mass is 9.85.